The molecule has 2 amide bonds. The number of nitrogens with zero attached hydrogens (tertiary/aromatic N) is 1. The van der Waals surface area contributed by atoms with Crippen molar-refractivity contribution in [2.45, 2.75) is 6.92 Å². The number of nitrogens with one attached hydrogen (secondary N) is 2. The molecule has 0 aliphatic rings. The second kappa shape index (κ2) is 9.03. The van der Waals surface area contributed by atoms with Gasteiger partial charge in [-0.05, 0) is 43.3 Å². The van der Waals surface area contributed by atoms with Crippen LogP contribution >= 0.6 is 11.6 Å². The fourth-order valence-corrected chi connectivity index (χ4v) is 2.50. The molecule has 0 aliphatic heterocycles. The van der Waals surface area contributed by atoms with Crippen LogP contribution in [0.1, 0.15) is 26.6 Å². The molecule has 0 unspecified atom stereocenters. The molecule has 0 fully saturated rings. The Labute approximate surface area is 170 Å². The number of ether oxygens (including phenoxy) is 1. The zero-order valence-electron chi connectivity index (χ0n) is 15.3. The van der Waals surface area contributed by atoms with Gasteiger partial charge in [-0.25, -0.2) is 4.79 Å². The van der Waals surface area contributed by atoms with Gasteiger partial charge >= 0.3 is 5.97 Å². The highest BCUT2D eigenvalue weighted by atomic mass is 35.5. The van der Waals surface area contributed by atoms with Crippen molar-refractivity contribution in [1.29, 1.82) is 0 Å². The topological polar surface area (TPSA) is 111 Å². The summed E-state index contributed by atoms with van der Waals surface area (Å²) < 4.78 is 9.66. The Morgan fingerprint density at radius 3 is 2.48 bits per heavy atom. The number of benzene rings is 2. The maximum atomic E-state index is 12.6. The molecule has 0 saturated heterocycles. The average molecular weight is 414 g/mol. The predicted molar refractivity (Wildman–Crippen MR) is 106 cm³/mol. The highest BCUT2D eigenvalue weighted by Crippen LogP contribution is 2.19. The van der Waals surface area contributed by atoms with Gasteiger partial charge < -0.3 is 19.9 Å². The van der Waals surface area contributed by atoms with E-state index in [-0.39, 0.29) is 17.0 Å². The van der Waals surface area contributed by atoms with E-state index in [9.17, 15) is 14.4 Å². The minimum absolute atomic E-state index is 0.0990. The first-order valence-corrected chi connectivity index (χ1v) is 8.86. The highest BCUT2D eigenvalue weighted by molar-refractivity contribution is 6.30. The Bertz CT molecular complexity index is 1050. The fourth-order valence-electron chi connectivity index (χ4n) is 2.37. The number of amides is 2. The van der Waals surface area contributed by atoms with Crippen LogP contribution in [0.3, 0.4) is 0 Å². The summed E-state index contributed by atoms with van der Waals surface area (Å²) in [6, 6.07) is 14.5. The number of hydrogen-bond donors (Lipinski definition) is 2. The second-order valence-electron chi connectivity index (χ2n) is 5.96. The van der Waals surface area contributed by atoms with Crippen LogP contribution in [0.4, 0.5) is 11.4 Å². The van der Waals surface area contributed by atoms with E-state index in [2.05, 4.69) is 15.8 Å². The molecule has 0 bridgehead atoms. The maximum Gasteiger partial charge on any atom is 0.377 e. The molecule has 0 spiro atoms. The van der Waals surface area contributed by atoms with E-state index in [1.54, 1.807) is 55.5 Å². The molecule has 1 heterocycles. The third-order valence-electron chi connectivity index (χ3n) is 3.71. The number of hydrogen-bond acceptors (Lipinski definition) is 6. The summed E-state index contributed by atoms with van der Waals surface area (Å²) in [5.74, 6) is -1.94. The molecule has 2 N–H and O–H groups in total. The van der Waals surface area contributed by atoms with Crippen LogP contribution in [-0.4, -0.2) is 29.5 Å². The van der Waals surface area contributed by atoms with E-state index in [0.717, 1.165) is 0 Å². The summed E-state index contributed by atoms with van der Waals surface area (Å²) in [5, 5.41) is 9.40. The minimum atomic E-state index is -0.811. The smallest absolute Gasteiger partial charge is 0.377 e. The number of anilines is 2. The van der Waals surface area contributed by atoms with Gasteiger partial charge in [0.15, 0.2) is 6.61 Å². The summed E-state index contributed by atoms with van der Waals surface area (Å²) >= 11 is 5.83. The van der Waals surface area contributed by atoms with E-state index in [1.165, 1.54) is 6.07 Å². The first-order valence-electron chi connectivity index (χ1n) is 8.48. The number of aryl methyl sites for hydroxylation is 1. The first kappa shape index (κ1) is 20.1. The van der Waals surface area contributed by atoms with Gasteiger partial charge in [0, 0.05) is 16.8 Å². The van der Waals surface area contributed by atoms with Gasteiger partial charge in [-0.3, -0.25) is 9.59 Å². The molecule has 29 heavy (non-hydrogen) atoms. The molecule has 0 radical (unpaired) electrons. The second-order valence-corrected chi connectivity index (χ2v) is 6.40. The standard InChI is InChI=1S/C20H16ClN3O5/c1-12-10-17(29-24-12)20(27)28-11-18(25)23-16-5-3-2-4-15(16)19(26)22-14-8-6-13(21)7-9-14/h2-10H,11H2,1H3,(H,22,26)(H,23,25). The van der Waals surface area contributed by atoms with Gasteiger partial charge in [0.2, 0.25) is 5.76 Å². The van der Waals surface area contributed by atoms with Crippen LogP contribution in [0, 0.1) is 6.92 Å². The predicted octanol–water partition coefficient (Wildman–Crippen LogP) is 3.68. The Balaban J connectivity index is 1.62. The van der Waals surface area contributed by atoms with Crippen LogP contribution < -0.4 is 10.6 Å². The van der Waals surface area contributed by atoms with Crippen LogP contribution in [0.25, 0.3) is 0 Å². The molecule has 148 valence electrons. The molecule has 1 aromatic heterocycles. The van der Waals surface area contributed by atoms with Crippen molar-refractivity contribution in [3.8, 4) is 0 Å². The van der Waals surface area contributed by atoms with Crippen molar-refractivity contribution < 1.29 is 23.6 Å². The number of rotatable bonds is 6. The lowest BCUT2D eigenvalue weighted by molar-refractivity contribution is -0.119. The molecule has 2 aromatic carbocycles. The number of para-hydroxylation sites is 1. The van der Waals surface area contributed by atoms with Gasteiger partial charge in [-0.2, -0.15) is 0 Å². The molecule has 0 saturated carbocycles. The van der Waals surface area contributed by atoms with Crippen LogP contribution in [0.2, 0.25) is 5.02 Å². The van der Waals surface area contributed by atoms with Gasteiger partial charge in [0.25, 0.3) is 11.8 Å². The third kappa shape index (κ3) is 5.43. The van der Waals surface area contributed by atoms with Crippen LogP contribution in [0.15, 0.2) is 59.1 Å². The quantitative estimate of drug-likeness (QED) is 0.596. The number of halogens is 1. The Morgan fingerprint density at radius 1 is 1.07 bits per heavy atom. The maximum absolute atomic E-state index is 12.6. The summed E-state index contributed by atoms with van der Waals surface area (Å²) in [7, 11) is 0. The SMILES string of the molecule is Cc1cc(C(=O)OCC(=O)Nc2ccccc2C(=O)Nc2ccc(Cl)cc2)on1. The van der Waals surface area contributed by atoms with Crippen molar-refractivity contribution in [3.05, 3.63) is 76.6 Å². The molecule has 0 atom stereocenters. The number of esters is 1. The lowest BCUT2D eigenvalue weighted by atomic mass is 10.1. The summed E-state index contributed by atoms with van der Waals surface area (Å²) in [6.45, 7) is 1.10. The monoisotopic (exact) mass is 413 g/mol. The van der Waals surface area contributed by atoms with E-state index in [0.29, 0.717) is 16.4 Å². The lowest BCUT2D eigenvalue weighted by Gasteiger charge is -2.11. The average Bonchev–Trinajstić information content (AvgIpc) is 3.15. The molecule has 9 heteroatoms. The fraction of sp³-hybridized carbons (Fsp3) is 0.100. The molecular formula is C20H16ClN3O5. The van der Waals surface area contributed by atoms with Crippen LogP contribution in [0.5, 0.6) is 0 Å². The van der Waals surface area contributed by atoms with E-state index < -0.39 is 24.4 Å². The summed E-state index contributed by atoms with van der Waals surface area (Å²) in [5.41, 5.74) is 1.59. The molecule has 8 nitrogen and oxygen atoms in total. The van der Waals surface area contributed by atoms with E-state index >= 15 is 0 Å². The van der Waals surface area contributed by atoms with Gasteiger partial charge in [0.1, 0.15) is 0 Å². The highest BCUT2D eigenvalue weighted by Gasteiger charge is 2.17. The van der Waals surface area contributed by atoms with E-state index in [4.69, 9.17) is 20.9 Å². The van der Waals surface area contributed by atoms with Crippen molar-refractivity contribution in [2.24, 2.45) is 0 Å². The number of carbonyl (C=O) groups is 3. The van der Waals surface area contributed by atoms with Crippen molar-refractivity contribution >= 4 is 40.8 Å². The molecular weight excluding hydrogens is 398 g/mol. The normalized spacial score (nSPS) is 10.3. The summed E-state index contributed by atoms with van der Waals surface area (Å²) in [4.78, 5) is 36.5. The van der Waals surface area contributed by atoms with Gasteiger partial charge in [-0.15, -0.1) is 0 Å². The zero-order valence-corrected chi connectivity index (χ0v) is 16.0. The Morgan fingerprint density at radius 2 is 1.79 bits per heavy atom. The Hall–Kier alpha value is -3.65. The lowest BCUT2D eigenvalue weighted by Crippen LogP contribution is -2.23. The van der Waals surface area contributed by atoms with Crippen molar-refractivity contribution in [3.63, 3.8) is 0 Å². The Kier molecular flexibility index (Phi) is 6.25. The van der Waals surface area contributed by atoms with E-state index in [1.807, 2.05) is 0 Å². The van der Waals surface area contributed by atoms with Gasteiger partial charge in [0.05, 0.1) is 16.9 Å². The molecule has 0 aliphatic carbocycles. The van der Waals surface area contributed by atoms with Gasteiger partial charge in [-0.1, -0.05) is 28.9 Å². The number of aromatic nitrogens is 1. The van der Waals surface area contributed by atoms with Crippen LogP contribution in [-0.2, 0) is 9.53 Å². The first-order chi connectivity index (χ1) is 13.9. The minimum Gasteiger partial charge on any atom is -0.450 e. The molecule has 3 aromatic rings. The van der Waals surface area contributed by atoms with Crippen molar-refractivity contribution in [1.82, 2.24) is 5.16 Å². The largest absolute Gasteiger partial charge is 0.450 e. The summed E-state index contributed by atoms with van der Waals surface area (Å²) in [6.07, 6.45) is 0. The van der Waals surface area contributed by atoms with Crippen molar-refractivity contribution in [2.75, 3.05) is 17.2 Å². The zero-order chi connectivity index (χ0) is 20.8. The third-order valence-corrected chi connectivity index (χ3v) is 3.96. The molecule has 3 rings (SSSR count). The number of carbonyl (C=O) groups excluding carboxylic acids is 3.